The van der Waals surface area contributed by atoms with Crippen molar-refractivity contribution in [2.45, 2.75) is 69.9 Å². The second-order valence-electron chi connectivity index (χ2n) is 7.04. The number of ketones is 1. The fourth-order valence-electron chi connectivity index (χ4n) is 4.79. The molecular formula is C18H23NO2. The Morgan fingerprint density at radius 2 is 2.24 bits per heavy atom. The predicted molar refractivity (Wildman–Crippen MR) is 80.9 cm³/mol. The Morgan fingerprint density at radius 3 is 3.05 bits per heavy atom. The fraction of sp³-hybridized carbons (Fsp3) is 0.611. The molecule has 0 aromatic heterocycles. The molecule has 21 heavy (non-hydrogen) atoms. The topological polar surface area (TPSA) is 29.5 Å². The van der Waals surface area contributed by atoms with Gasteiger partial charge in [0.15, 0.2) is 0 Å². The third-order valence-corrected chi connectivity index (χ3v) is 5.49. The summed E-state index contributed by atoms with van der Waals surface area (Å²) in [6, 6.07) is 9.38. The molecule has 0 radical (unpaired) electrons. The van der Waals surface area contributed by atoms with Gasteiger partial charge in [0.2, 0.25) is 0 Å². The van der Waals surface area contributed by atoms with Gasteiger partial charge in [-0.25, -0.2) is 0 Å². The van der Waals surface area contributed by atoms with E-state index in [1.165, 1.54) is 11.1 Å². The summed E-state index contributed by atoms with van der Waals surface area (Å²) in [5.74, 6) is 0.291. The summed E-state index contributed by atoms with van der Waals surface area (Å²) < 4.78 is 6.49. The van der Waals surface area contributed by atoms with Crippen LogP contribution in [-0.2, 0) is 16.0 Å². The molecule has 1 aromatic rings. The average molecular weight is 285 g/mol. The quantitative estimate of drug-likeness (QED) is 0.835. The number of piperidine rings is 1. The molecule has 3 heteroatoms. The highest BCUT2D eigenvalue weighted by atomic mass is 16.5. The first-order valence-electron chi connectivity index (χ1n) is 8.12. The largest absolute Gasteiger partial charge is 0.355 e. The number of Topliss-reactive ketones (excluding diaryl/α,β-unsaturated/α-hetero) is 1. The Kier molecular flexibility index (Phi) is 2.98. The van der Waals surface area contributed by atoms with Crippen LogP contribution in [0, 0.1) is 0 Å². The summed E-state index contributed by atoms with van der Waals surface area (Å²) >= 11 is 0. The number of carbonyl (C=O) groups excluding carboxylic acids is 1. The van der Waals surface area contributed by atoms with Crippen LogP contribution in [0.3, 0.4) is 0 Å². The third kappa shape index (κ3) is 1.98. The molecule has 2 fully saturated rings. The minimum absolute atomic E-state index is 0.179. The second kappa shape index (κ2) is 4.65. The molecule has 1 aliphatic carbocycles. The summed E-state index contributed by atoms with van der Waals surface area (Å²) in [6.45, 7) is 3.93. The molecule has 0 bridgehead atoms. The molecule has 2 aliphatic heterocycles. The first-order valence-corrected chi connectivity index (χ1v) is 8.12. The first-order chi connectivity index (χ1) is 10.1. The molecule has 3 aliphatic rings. The number of ether oxygens (including phenoxy) is 1. The van der Waals surface area contributed by atoms with E-state index in [-0.39, 0.29) is 11.8 Å². The lowest BCUT2D eigenvalue weighted by molar-refractivity contribution is -0.137. The second-order valence-corrected chi connectivity index (χ2v) is 7.04. The standard InChI is InChI=1S/C18H23NO2/c1-12(20)10-14-7-5-9-18(2)19(14)17-15-8-4-3-6-13(15)11-16(17)21-18/h3-4,6,8,14,16-17H,5,7,9-11H2,1-2H3/t14-,16+,17-,18+/m1/s1. The minimum atomic E-state index is -0.179. The van der Waals surface area contributed by atoms with Gasteiger partial charge < -0.3 is 4.74 Å². The van der Waals surface area contributed by atoms with Crippen molar-refractivity contribution < 1.29 is 9.53 Å². The van der Waals surface area contributed by atoms with Gasteiger partial charge in [-0.2, -0.15) is 0 Å². The zero-order valence-electron chi connectivity index (χ0n) is 12.8. The Bertz CT molecular complexity index is 584. The Labute approximate surface area is 126 Å². The normalized spacial score (nSPS) is 37.9. The Balaban J connectivity index is 1.74. The van der Waals surface area contributed by atoms with E-state index in [9.17, 15) is 4.79 Å². The van der Waals surface area contributed by atoms with E-state index >= 15 is 0 Å². The fourth-order valence-corrected chi connectivity index (χ4v) is 4.79. The van der Waals surface area contributed by atoms with Crippen molar-refractivity contribution >= 4 is 5.78 Å². The molecule has 1 aromatic carbocycles. The van der Waals surface area contributed by atoms with Gasteiger partial charge in [0.25, 0.3) is 0 Å². The summed E-state index contributed by atoms with van der Waals surface area (Å²) in [5, 5.41) is 0. The van der Waals surface area contributed by atoms with Crippen LogP contribution in [0.4, 0.5) is 0 Å². The number of hydrogen-bond donors (Lipinski definition) is 0. The molecule has 4 rings (SSSR count). The zero-order valence-corrected chi connectivity index (χ0v) is 12.8. The molecule has 2 heterocycles. The van der Waals surface area contributed by atoms with E-state index in [2.05, 4.69) is 36.1 Å². The maximum absolute atomic E-state index is 11.7. The zero-order chi connectivity index (χ0) is 14.6. The van der Waals surface area contributed by atoms with Crippen molar-refractivity contribution in [1.29, 1.82) is 0 Å². The number of carbonyl (C=O) groups is 1. The van der Waals surface area contributed by atoms with Gasteiger partial charge in [-0.1, -0.05) is 24.3 Å². The monoisotopic (exact) mass is 285 g/mol. The van der Waals surface area contributed by atoms with Crippen LogP contribution in [0.5, 0.6) is 0 Å². The molecule has 2 saturated heterocycles. The average Bonchev–Trinajstić information content (AvgIpc) is 2.89. The lowest BCUT2D eigenvalue weighted by atomic mass is 9.89. The SMILES string of the molecule is CC(=O)C[C@H]1CCC[C@]2(C)O[C@H]3Cc4ccccc4[C@H]3N12. The third-order valence-electron chi connectivity index (χ3n) is 5.49. The molecule has 0 saturated carbocycles. The summed E-state index contributed by atoms with van der Waals surface area (Å²) in [6.07, 6.45) is 5.29. The minimum Gasteiger partial charge on any atom is -0.355 e. The van der Waals surface area contributed by atoms with E-state index < -0.39 is 0 Å². The number of fused-ring (bicyclic) bond motifs is 5. The van der Waals surface area contributed by atoms with Crippen molar-refractivity contribution in [3.63, 3.8) is 0 Å². The summed E-state index contributed by atoms with van der Waals surface area (Å²) in [4.78, 5) is 14.2. The number of rotatable bonds is 2. The Morgan fingerprint density at radius 1 is 1.43 bits per heavy atom. The number of benzene rings is 1. The smallest absolute Gasteiger partial charge is 0.131 e. The van der Waals surface area contributed by atoms with Gasteiger partial charge >= 0.3 is 0 Å². The summed E-state index contributed by atoms with van der Waals surface area (Å²) in [7, 11) is 0. The molecular weight excluding hydrogens is 262 g/mol. The van der Waals surface area contributed by atoms with E-state index in [1.54, 1.807) is 6.92 Å². The van der Waals surface area contributed by atoms with Crippen LogP contribution >= 0.6 is 0 Å². The van der Waals surface area contributed by atoms with E-state index in [4.69, 9.17) is 4.74 Å². The van der Waals surface area contributed by atoms with Gasteiger partial charge in [-0.05, 0) is 44.2 Å². The Hall–Kier alpha value is -1.19. The van der Waals surface area contributed by atoms with E-state index in [0.29, 0.717) is 24.3 Å². The maximum atomic E-state index is 11.7. The van der Waals surface area contributed by atoms with Gasteiger partial charge in [-0.15, -0.1) is 0 Å². The molecule has 0 amide bonds. The van der Waals surface area contributed by atoms with Gasteiger partial charge in [-0.3, -0.25) is 9.69 Å². The van der Waals surface area contributed by atoms with Gasteiger partial charge in [0, 0.05) is 18.9 Å². The van der Waals surface area contributed by atoms with Crippen LogP contribution in [0.15, 0.2) is 24.3 Å². The molecule has 112 valence electrons. The number of nitrogens with zero attached hydrogens (tertiary/aromatic N) is 1. The van der Waals surface area contributed by atoms with Crippen LogP contribution < -0.4 is 0 Å². The van der Waals surface area contributed by atoms with E-state index in [1.807, 2.05) is 0 Å². The lowest BCUT2D eigenvalue weighted by Crippen LogP contribution is -2.52. The first kappa shape index (κ1) is 13.5. The van der Waals surface area contributed by atoms with Crippen LogP contribution in [0.1, 0.15) is 56.7 Å². The van der Waals surface area contributed by atoms with Gasteiger partial charge in [0.1, 0.15) is 11.5 Å². The van der Waals surface area contributed by atoms with Crippen LogP contribution in [0.25, 0.3) is 0 Å². The van der Waals surface area contributed by atoms with Crippen molar-refractivity contribution in [2.75, 3.05) is 0 Å². The van der Waals surface area contributed by atoms with Crippen molar-refractivity contribution in [1.82, 2.24) is 4.90 Å². The number of hydrogen-bond acceptors (Lipinski definition) is 3. The highest BCUT2D eigenvalue weighted by Crippen LogP contribution is 2.53. The van der Waals surface area contributed by atoms with Crippen molar-refractivity contribution in [3.8, 4) is 0 Å². The van der Waals surface area contributed by atoms with Crippen molar-refractivity contribution in [2.24, 2.45) is 0 Å². The molecule has 0 spiro atoms. The highest BCUT2D eigenvalue weighted by molar-refractivity contribution is 5.76. The summed E-state index contributed by atoms with van der Waals surface area (Å²) in [5.41, 5.74) is 2.66. The molecule has 4 atom stereocenters. The molecule has 0 unspecified atom stereocenters. The molecule has 3 nitrogen and oxygen atoms in total. The van der Waals surface area contributed by atoms with Crippen LogP contribution in [-0.4, -0.2) is 28.6 Å². The van der Waals surface area contributed by atoms with Crippen LogP contribution in [0.2, 0.25) is 0 Å². The van der Waals surface area contributed by atoms with Gasteiger partial charge in [0.05, 0.1) is 12.1 Å². The predicted octanol–water partition coefficient (Wildman–Crippen LogP) is 3.23. The highest BCUT2D eigenvalue weighted by Gasteiger charge is 2.56. The van der Waals surface area contributed by atoms with Crippen molar-refractivity contribution in [3.05, 3.63) is 35.4 Å². The lowest BCUT2D eigenvalue weighted by Gasteiger charge is -2.46. The van der Waals surface area contributed by atoms with E-state index in [0.717, 1.165) is 25.7 Å². The molecule has 0 N–H and O–H groups in total. The maximum Gasteiger partial charge on any atom is 0.131 e.